The van der Waals surface area contributed by atoms with E-state index < -0.39 is 16.2 Å². The summed E-state index contributed by atoms with van der Waals surface area (Å²) in [6.07, 6.45) is -3.58. The maximum absolute atomic E-state index is 12.5. The minimum absolute atomic E-state index is 0. The van der Waals surface area contributed by atoms with E-state index in [4.69, 9.17) is 0 Å². The summed E-state index contributed by atoms with van der Waals surface area (Å²) in [5.41, 5.74) is 0.487. The summed E-state index contributed by atoms with van der Waals surface area (Å²) in [6.45, 7) is 0. The van der Waals surface area contributed by atoms with Crippen molar-refractivity contribution in [1.82, 2.24) is 10.6 Å². The van der Waals surface area contributed by atoms with Crippen LogP contribution in [0.2, 0.25) is 0 Å². The van der Waals surface area contributed by atoms with Crippen LogP contribution >= 0.6 is 24.0 Å². The van der Waals surface area contributed by atoms with Gasteiger partial charge in [-0.2, -0.15) is 0 Å². The summed E-state index contributed by atoms with van der Waals surface area (Å²) >= 11 is 0. The Labute approximate surface area is 172 Å². The number of hydrogen-bond donors (Lipinski definition) is 2. The summed E-state index contributed by atoms with van der Waals surface area (Å²) < 4.78 is 64.8. The van der Waals surface area contributed by atoms with Crippen molar-refractivity contribution in [1.29, 1.82) is 0 Å². The molecule has 0 spiro atoms. The highest BCUT2D eigenvalue weighted by Gasteiger charge is 2.42. The second kappa shape index (κ2) is 8.41. The molecule has 1 heterocycles. The number of sulfone groups is 1. The predicted molar refractivity (Wildman–Crippen MR) is 106 cm³/mol. The van der Waals surface area contributed by atoms with E-state index in [0.717, 1.165) is 0 Å². The summed E-state index contributed by atoms with van der Waals surface area (Å²) in [5, 5.41) is 6.21. The molecule has 1 aliphatic heterocycles. The quantitative estimate of drug-likeness (QED) is 0.363. The lowest BCUT2D eigenvalue weighted by Crippen LogP contribution is -2.45. The molecule has 1 saturated carbocycles. The van der Waals surface area contributed by atoms with Gasteiger partial charge in [-0.05, 0) is 24.5 Å². The number of rotatable bonds is 4. The number of halogens is 4. The van der Waals surface area contributed by atoms with Gasteiger partial charge < -0.3 is 15.4 Å². The van der Waals surface area contributed by atoms with Crippen molar-refractivity contribution in [2.75, 3.05) is 18.6 Å². The third kappa shape index (κ3) is 6.13. The Morgan fingerprint density at radius 1 is 1.26 bits per heavy atom. The molecule has 3 atom stereocenters. The summed E-state index contributed by atoms with van der Waals surface area (Å²) in [5.74, 6) is 0.340. The number of hydrogen-bond acceptors (Lipinski definition) is 4. The van der Waals surface area contributed by atoms with Crippen LogP contribution in [0.3, 0.4) is 0 Å². The van der Waals surface area contributed by atoms with E-state index in [2.05, 4.69) is 20.4 Å². The molecule has 2 aliphatic rings. The Balaban J connectivity index is 0.00000261. The number of ether oxygens (including phenoxy) is 1. The number of aliphatic imine (C=N–C) groups is 1. The molecule has 1 aromatic carbocycles. The average Bonchev–Trinajstić information content (AvgIpc) is 3.21. The standard InChI is InChI=1S/C16H20F3N3O3S.HI/c1-20-15(21-10-6-7-26(23,24)9-10)22-13-8-12(13)11-4-2-3-5-14(11)25-16(17,18)19;/h2-5,10,12-13H,6-9H2,1H3,(H2,20,21,22);1H. The number of benzene rings is 1. The third-order valence-electron chi connectivity index (χ3n) is 4.45. The zero-order valence-corrected chi connectivity index (χ0v) is 17.6. The first-order chi connectivity index (χ1) is 12.2. The Morgan fingerprint density at radius 2 is 1.96 bits per heavy atom. The van der Waals surface area contributed by atoms with E-state index >= 15 is 0 Å². The zero-order valence-electron chi connectivity index (χ0n) is 14.5. The zero-order chi connectivity index (χ0) is 18.9. The molecule has 3 unspecified atom stereocenters. The second-order valence-corrected chi connectivity index (χ2v) is 8.72. The number of guanidine groups is 1. The van der Waals surface area contributed by atoms with E-state index in [1.54, 1.807) is 19.2 Å². The Kier molecular flexibility index (Phi) is 6.87. The topological polar surface area (TPSA) is 79.8 Å². The summed E-state index contributed by atoms with van der Waals surface area (Å²) in [6, 6.07) is 5.80. The SMILES string of the molecule is CN=C(NC1CCS(=O)(=O)C1)NC1CC1c1ccccc1OC(F)(F)F.I. The highest BCUT2D eigenvalue weighted by atomic mass is 127. The Bertz CT molecular complexity index is 802. The van der Waals surface area contributed by atoms with Crippen molar-refractivity contribution in [3.8, 4) is 5.75 Å². The van der Waals surface area contributed by atoms with Crippen LogP contribution in [0.1, 0.15) is 24.3 Å². The average molecular weight is 519 g/mol. The van der Waals surface area contributed by atoms with Gasteiger partial charge in [0.25, 0.3) is 0 Å². The molecule has 0 amide bonds. The van der Waals surface area contributed by atoms with Crippen LogP contribution in [-0.2, 0) is 9.84 Å². The first-order valence-electron chi connectivity index (χ1n) is 8.22. The predicted octanol–water partition coefficient (Wildman–Crippen LogP) is 2.41. The van der Waals surface area contributed by atoms with Crippen molar-refractivity contribution in [2.45, 2.75) is 37.2 Å². The smallest absolute Gasteiger partial charge is 0.405 e. The molecule has 0 radical (unpaired) electrons. The maximum Gasteiger partial charge on any atom is 0.573 e. The van der Waals surface area contributed by atoms with Gasteiger partial charge in [0.15, 0.2) is 15.8 Å². The van der Waals surface area contributed by atoms with Crippen molar-refractivity contribution < 1.29 is 26.3 Å². The lowest BCUT2D eigenvalue weighted by Gasteiger charge is -2.17. The Hall–Kier alpha value is -1.24. The number of nitrogens with one attached hydrogen (secondary N) is 2. The van der Waals surface area contributed by atoms with Crippen LogP contribution in [0.15, 0.2) is 29.3 Å². The Morgan fingerprint density at radius 3 is 2.56 bits per heavy atom. The molecular weight excluding hydrogens is 498 g/mol. The van der Waals surface area contributed by atoms with Gasteiger partial charge >= 0.3 is 6.36 Å². The van der Waals surface area contributed by atoms with Crippen LogP contribution in [0.25, 0.3) is 0 Å². The van der Waals surface area contributed by atoms with E-state index in [-0.39, 0.29) is 59.2 Å². The summed E-state index contributed by atoms with van der Waals surface area (Å²) in [7, 11) is -1.44. The van der Waals surface area contributed by atoms with E-state index in [1.165, 1.54) is 12.1 Å². The van der Waals surface area contributed by atoms with Crippen LogP contribution in [0.5, 0.6) is 5.75 Å². The minimum Gasteiger partial charge on any atom is -0.405 e. The molecule has 1 aromatic rings. The minimum atomic E-state index is -4.74. The molecule has 0 aromatic heterocycles. The monoisotopic (exact) mass is 519 g/mol. The molecule has 152 valence electrons. The fourth-order valence-electron chi connectivity index (χ4n) is 3.15. The van der Waals surface area contributed by atoms with Gasteiger partial charge in [-0.3, -0.25) is 4.99 Å². The molecule has 2 N–H and O–H groups in total. The maximum atomic E-state index is 12.5. The molecule has 27 heavy (non-hydrogen) atoms. The molecular formula is C16H21F3IN3O3S. The van der Waals surface area contributed by atoms with Crippen LogP contribution in [-0.4, -0.2) is 51.4 Å². The molecule has 0 bridgehead atoms. The lowest BCUT2D eigenvalue weighted by atomic mass is 10.1. The fourth-order valence-corrected chi connectivity index (χ4v) is 4.82. The van der Waals surface area contributed by atoms with E-state index in [0.29, 0.717) is 24.4 Å². The van der Waals surface area contributed by atoms with Crippen LogP contribution in [0.4, 0.5) is 13.2 Å². The van der Waals surface area contributed by atoms with Crippen LogP contribution < -0.4 is 15.4 Å². The van der Waals surface area contributed by atoms with Gasteiger partial charge in [0.05, 0.1) is 11.5 Å². The lowest BCUT2D eigenvalue weighted by molar-refractivity contribution is -0.274. The highest BCUT2D eigenvalue weighted by Crippen LogP contribution is 2.45. The van der Waals surface area contributed by atoms with Gasteiger partial charge in [0.1, 0.15) is 5.75 Å². The number of para-hydroxylation sites is 1. The van der Waals surface area contributed by atoms with Crippen molar-refractivity contribution in [3.05, 3.63) is 29.8 Å². The first-order valence-corrected chi connectivity index (χ1v) is 10.0. The normalized spacial score (nSPS) is 26.8. The molecule has 6 nitrogen and oxygen atoms in total. The molecule has 2 fully saturated rings. The fraction of sp³-hybridized carbons (Fsp3) is 0.562. The van der Waals surface area contributed by atoms with Gasteiger partial charge in [-0.25, -0.2) is 8.42 Å². The molecule has 11 heteroatoms. The van der Waals surface area contributed by atoms with Crippen molar-refractivity contribution in [3.63, 3.8) is 0 Å². The molecule has 1 saturated heterocycles. The van der Waals surface area contributed by atoms with Crippen LogP contribution in [0, 0.1) is 0 Å². The van der Waals surface area contributed by atoms with Crippen molar-refractivity contribution >= 4 is 39.8 Å². The third-order valence-corrected chi connectivity index (χ3v) is 6.22. The largest absolute Gasteiger partial charge is 0.573 e. The first kappa shape index (κ1) is 22.1. The number of alkyl halides is 3. The number of nitrogens with zero attached hydrogens (tertiary/aromatic N) is 1. The van der Waals surface area contributed by atoms with E-state index in [9.17, 15) is 21.6 Å². The van der Waals surface area contributed by atoms with E-state index in [1.807, 2.05) is 0 Å². The van der Waals surface area contributed by atoms with Gasteiger partial charge in [-0.15, -0.1) is 37.1 Å². The summed E-state index contributed by atoms with van der Waals surface area (Å²) in [4.78, 5) is 4.08. The van der Waals surface area contributed by atoms with Crippen molar-refractivity contribution in [2.24, 2.45) is 4.99 Å². The van der Waals surface area contributed by atoms with Gasteiger partial charge in [-0.1, -0.05) is 18.2 Å². The van der Waals surface area contributed by atoms with Gasteiger partial charge in [0.2, 0.25) is 0 Å². The van der Waals surface area contributed by atoms with Gasteiger partial charge in [0, 0.05) is 25.0 Å². The molecule has 3 rings (SSSR count). The second-order valence-electron chi connectivity index (χ2n) is 6.50. The molecule has 1 aliphatic carbocycles. The highest BCUT2D eigenvalue weighted by molar-refractivity contribution is 14.0.